The van der Waals surface area contributed by atoms with E-state index < -0.39 is 5.97 Å². The van der Waals surface area contributed by atoms with Gasteiger partial charge in [0.05, 0.1) is 18.4 Å². The molecule has 0 amide bonds. The number of methoxy groups -OCH3 is 1. The first-order valence-electron chi connectivity index (χ1n) is 3.92. The van der Waals surface area contributed by atoms with Gasteiger partial charge in [-0.15, -0.1) is 0 Å². The quantitative estimate of drug-likeness (QED) is 0.426. The highest BCUT2D eigenvalue weighted by Gasteiger charge is 2.03. The average Bonchev–Trinajstić information content (AvgIpc) is 2.26. The van der Waals surface area contributed by atoms with Crippen molar-refractivity contribution in [3.63, 3.8) is 0 Å². The van der Waals surface area contributed by atoms with E-state index in [0.717, 1.165) is 0 Å². The number of aromatic nitrogens is 1. The minimum Gasteiger partial charge on any atom is -0.465 e. The van der Waals surface area contributed by atoms with Crippen LogP contribution in [0.25, 0.3) is 0 Å². The number of esters is 1. The Morgan fingerprint density at radius 3 is 2.93 bits per heavy atom. The number of ether oxygens (including phenoxy) is 1. The van der Waals surface area contributed by atoms with Crippen molar-refractivity contribution in [2.45, 2.75) is 0 Å². The zero-order valence-electron chi connectivity index (χ0n) is 7.65. The van der Waals surface area contributed by atoms with Crippen molar-refractivity contribution >= 4 is 18.6 Å². The van der Waals surface area contributed by atoms with Crippen LogP contribution >= 0.6 is 12.6 Å². The predicted molar refractivity (Wildman–Crippen MR) is 56.3 cm³/mol. The van der Waals surface area contributed by atoms with Gasteiger partial charge in [-0.2, -0.15) is 12.6 Å². The molecule has 1 aromatic heterocycles. The van der Waals surface area contributed by atoms with Gasteiger partial charge >= 0.3 is 5.97 Å². The summed E-state index contributed by atoms with van der Waals surface area (Å²) in [6, 6.07) is 3.30. The summed E-state index contributed by atoms with van der Waals surface area (Å²) in [6.07, 6.45) is 1.44. The molecule has 0 radical (unpaired) electrons. The van der Waals surface area contributed by atoms with Crippen LogP contribution in [0.4, 0.5) is 0 Å². The summed E-state index contributed by atoms with van der Waals surface area (Å²) in [5, 5.41) is 0. The van der Waals surface area contributed by atoms with E-state index in [1.54, 1.807) is 12.1 Å². The van der Waals surface area contributed by atoms with Gasteiger partial charge in [0.1, 0.15) is 5.69 Å². The maximum absolute atomic E-state index is 11.0. The minimum atomic E-state index is -0.397. The molecule has 0 aromatic carbocycles. The summed E-state index contributed by atoms with van der Waals surface area (Å²) >= 11 is 3.94. The molecule has 14 heavy (non-hydrogen) atoms. The third-order valence-corrected chi connectivity index (χ3v) is 1.64. The van der Waals surface area contributed by atoms with Gasteiger partial charge < -0.3 is 4.74 Å². The molecule has 1 rings (SSSR count). The van der Waals surface area contributed by atoms with Gasteiger partial charge in [-0.05, 0) is 18.1 Å². The molecule has 0 atom stereocenters. The molecular weight excluding hydrogens is 198 g/mol. The molecule has 0 bridgehead atoms. The highest BCUT2D eigenvalue weighted by Crippen LogP contribution is 2.00. The second kappa shape index (κ2) is 5.30. The molecule has 0 saturated carbocycles. The lowest BCUT2D eigenvalue weighted by Gasteiger charge is -1.97. The Morgan fingerprint density at radius 2 is 2.43 bits per heavy atom. The van der Waals surface area contributed by atoms with E-state index in [-0.39, 0.29) is 0 Å². The Balaban J connectivity index is 2.83. The molecule has 0 aliphatic carbocycles. The minimum absolute atomic E-state index is 0.397. The Hall–Kier alpha value is -1.47. The fraction of sp³-hybridized carbons (Fsp3) is 0.200. The van der Waals surface area contributed by atoms with Crippen molar-refractivity contribution in [3.05, 3.63) is 29.6 Å². The van der Waals surface area contributed by atoms with Crippen LogP contribution in [-0.2, 0) is 4.74 Å². The van der Waals surface area contributed by atoms with Crippen LogP contribution in [0.15, 0.2) is 18.3 Å². The maximum atomic E-state index is 11.0. The first-order chi connectivity index (χ1) is 6.77. The van der Waals surface area contributed by atoms with Gasteiger partial charge in [0, 0.05) is 6.20 Å². The van der Waals surface area contributed by atoms with Crippen LogP contribution in [-0.4, -0.2) is 23.8 Å². The van der Waals surface area contributed by atoms with Gasteiger partial charge in [0.25, 0.3) is 0 Å². The van der Waals surface area contributed by atoms with Crippen LogP contribution < -0.4 is 0 Å². The zero-order chi connectivity index (χ0) is 10.4. The second-order valence-corrected chi connectivity index (χ2v) is 2.70. The fourth-order valence-electron chi connectivity index (χ4n) is 0.836. The summed E-state index contributed by atoms with van der Waals surface area (Å²) < 4.78 is 4.53. The van der Waals surface area contributed by atoms with Crippen molar-refractivity contribution in [3.8, 4) is 11.8 Å². The molecule has 3 nitrogen and oxygen atoms in total. The predicted octanol–water partition coefficient (Wildman–Crippen LogP) is 1.15. The smallest absolute Gasteiger partial charge is 0.339 e. The van der Waals surface area contributed by atoms with Gasteiger partial charge in [-0.3, -0.25) is 0 Å². The summed E-state index contributed by atoms with van der Waals surface area (Å²) in [5.74, 6) is 5.64. The van der Waals surface area contributed by atoms with Gasteiger partial charge in [-0.25, -0.2) is 9.78 Å². The molecule has 1 aromatic rings. The van der Waals surface area contributed by atoms with Crippen molar-refractivity contribution in [2.24, 2.45) is 0 Å². The monoisotopic (exact) mass is 207 g/mol. The molecule has 0 unspecified atom stereocenters. The number of carbonyl (C=O) groups excluding carboxylic acids is 1. The lowest BCUT2D eigenvalue weighted by atomic mass is 10.2. The largest absolute Gasteiger partial charge is 0.465 e. The fourth-order valence-corrected chi connectivity index (χ4v) is 0.916. The third kappa shape index (κ3) is 2.79. The van der Waals surface area contributed by atoms with E-state index in [4.69, 9.17) is 0 Å². The number of hydrogen-bond donors (Lipinski definition) is 1. The van der Waals surface area contributed by atoms with Gasteiger partial charge in [0.2, 0.25) is 0 Å². The van der Waals surface area contributed by atoms with Crippen LogP contribution in [0.1, 0.15) is 16.1 Å². The summed E-state index contributed by atoms with van der Waals surface area (Å²) in [5.41, 5.74) is 1.04. The average molecular weight is 207 g/mol. The van der Waals surface area contributed by atoms with Crippen molar-refractivity contribution < 1.29 is 9.53 Å². The van der Waals surface area contributed by atoms with Crippen LogP contribution in [0.5, 0.6) is 0 Å². The highest BCUT2D eigenvalue weighted by molar-refractivity contribution is 7.80. The summed E-state index contributed by atoms with van der Waals surface area (Å²) in [4.78, 5) is 15.0. The van der Waals surface area contributed by atoms with E-state index in [9.17, 15) is 4.79 Å². The van der Waals surface area contributed by atoms with E-state index in [2.05, 4.69) is 34.2 Å². The Labute approximate surface area is 87.9 Å². The molecule has 1 heterocycles. The molecule has 4 heteroatoms. The topological polar surface area (TPSA) is 39.2 Å². The van der Waals surface area contributed by atoms with E-state index in [1.807, 2.05) is 0 Å². The number of pyridine rings is 1. The number of rotatable bonds is 1. The first kappa shape index (κ1) is 10.6. The Morgan fingerprint density at radius 1 is 1.64 bits per heavy atom. The Kier molecular flexibility index (Phi) is 4.02. The second-order valence-electron chi connectivity index (χ2n) is 2.38. The first-order valence-corrected chi connectivity index (χ1v) is 4.55. The molecule has 0 spiro atoms. The van der Waals surface area contributed by atoms with Crippen molar-refractivity contribution in [1.82, 2.24) is 4.98 Å². The number of nitrogens with zero attached hydrogens (tertiary/aromatic N) is 1. The summed E-state index contributed by atoms with van der Waals surface area (Å²) in [7, 11) is 1.33. The van der Waals surface area contributed by atoms with Gasteiger partial charge in [-0.1, -0.05) is 5.92 Å². The standard InChI is InChI=1S/C10H9NO2S/c1-13-10(12)8-4-5-9(11-7-8)3-2-6-14/h4-5,7,14H,6H2,1H3. The molecular formula is C10H9NO2S. The number of thiol groups is 1. The van der Waals surface area contributed by atoms with Crippen molar-refractivity contribution in [2.75, 3.05) is 12.9 Å². The van der Waals surface area contributed by atoms with Crippen molar-refractivity contribution in [1.29, 1.82) is 0 Å². The zero-order valence-corrected chi connectivity index (χ0v) is 8.54. The SMILES string of the molecule is COC(=O)c1ccc(C#CCS)nc1. The molecule has 72 valence electrons. The van der Waals surface area contributed by atoms with Crippen LogP contribution in [0.2, 0.25) is 0 Å². The maximum Gasteiger partial charge on any atom is 0.339 e. The normalized spacial score (nSPS) is 8.71. The van der Waals surface area contributed by atoms with Gasteiger partial charge in [0.15, 0.2) is 0 Å². The number of carbonyl (C=O) groups is 1. The third-order valence-electron chi connectivity index (χ3n) is 1.48. The molecule has 0 aliphatic rings. The van der Waals surface area contributed by atoms with Crippen LogP contribution in [0, 0.1) is 11.8 Å². The lowest BCUT2D eigenvalue weighted by molar-refractivity contribution is 0.0600. The molecule has 0 saturated heterocycles. The van der Waals surface area contributed by atoms with E-state index in [0.29, 0.717) is 17.0 Å². The van der Waals surface area contributed by atoms with E-state index >= 15 is 0 Å². The number of hydrogen-bond acceptors (Lipinski definition) is 4. The Bertz CT molecular complexity index is 375. The highest BCUT2D eigenvalue weighted by atomic mass is 32.1. The van der Waals surface area contributed by atoms with Crippen LogP contribution in [0.3, 0.4) is 0 Å². The lowest BCUT2D eigenvalue weighted by Crippen LogP contribution is -2.01. The molecule has 0 aliphatic heterocycles. The summed E-state index contributed by atoms with van der Waals surface area (Å²) in [6.45, 7) is 0. The molecule has 0 N–H and O–H groups in total. The van der Waals surface area contributed by atoms with E-state index in [1.165, 1.54) is 13.3 Å². The molecule has 0 fully saturated rings.